The van der Waals surface area contributed by atoms with Crippen LogP contribution in [0.4, 0.5) is 5.82 Å². The van der Waals surface area contributed by atoms with E-state index in [1.165, 1.54) is 6.33 Å². The molecule has 2 heterocycles. The monoisotopic (exact) mass is 234 g/mol. The van der Waals surface area contributed by atoms with Gasteiger partial charge in [-0.1, -0.05) is 0 Å². The van der Waals surface area contributed by atoms with Gasteiger partial charge in [-0.2, -0.15) is 14.6 Å². The summed E-state index contributed by atoms with van der Waals surface area (Å²) in [4.78, 5) is 18.8. The largest absolute Gasteiger partial charge is 0.370 e. The van der Waals surface area contributed by atoms with Crippen molar-refractivity contribution in [3.63, 3.8) is 0 Å². The van der Waals surface area contributed by atoms with Gasteiger partial charge in [0.25, 0.3) is 5.78 Å². The Kier molecular flexibility index (Phi) is 3.17. The third-order valence-electron chi connectivity index (χ3n) is 2.29. The van der Waals surface area contributed by atoms with Gasteiger partial charge in [0.15, 0.2) is 0 Å². The fraction of sp³-hybridized carbons (Fsp3) is 0.400. The van der Waals surface area contributed by atoms with Crippen molar-refractivity contribution in [2.75, 3.05) is 11.9 Å². The molecular weight excluding hydrogens is 220 g/mol. The number of amides is 1. The fourth-order valence-electron chi connectivity index (χ4n) is 1.54. The van der Waals surface area contributed by atoms with Gasteiger partial charge in [0.05, 0.1) is 0 Å². The van der Waals surface area contributed by atoms with Gasteiger partial charge in [0.1, 0.15) is 12.1 Å². The van der Waals surface area contributed by atoms with Crippen LogP contribution in [-0.2, 0) is 4.79 Å². The predicted molar refractivity (Wildman–Crippen MR) is 62.4 cm³/mol. The van der Waals surface area contributed by atoms with E-state index in [1.807, 2.05) is 13.0 Å². The topological polar surface area (TPSA) is 98.2 Å². The number of nitrogens with one attached hydrogen (secondary N) is 1. The third-order valence-corrected chi connectivity index (χ3v) is 2.29. The van der Waals surface area contributed by atoms with Crippen LogP contribution < -0.4 is 11.1 Å². The van der Waals surface area contributed by atoms with E-state index in [9.17, 15) is 4.79 Å². The molecule has 0 fully saturated rings. The number of carbonyl (C=O) groups is 1. The number of nitrogens with zero attached hydrogens (tertiary/aromatic N) is 4. The number of nitrogens with two attached hydrogens (primary N) is 1. The van der Waals surface area contributed by atoms with Gasteiger partial charge in [0.2, 0.25) is 5.91 Å². The molecule has 0 bridgehead atoms. The van der Waals surface area contributed by atoms with Crippen LogP contribution in [0.15, 0.2) is 12.4 Å². The van der Waals surface area contributed by atoms with Gasteiger partial charge < -0.3 is 11.1 Å². The van der Waals surface area contributed by atoms with E-state index >= 15 is 0 Å². The van der Waals surface area contributed by atoms with Gasteiger partial charge in [-0.25, -0.2) is 4.98 Å². The minimum Gasteiger partial charge on any atom is -0.370 e. The Hall–Kier alpha value is -2.18. The quantitative estimate of drug-likeness (QED) is 0.715. The number of primary amides is 1. The van der Waals surface area contributed by atoms with Crippen LogP contribution in [0.1, 0.15) is 18.5 Å². The molecule has 0 aliphatic heterocycles. The summed E-state index contributed by atoms with van der Waals surface area (Å²) in [7, 11) is 0. The van der Waals surface area contributed by atoms with Crippen LogP contribution in [0.3, 0.4) is 0 Å². The molecule has 0 saturated heterocycles. The number of hydrogen-bond acceptors (Lipinski definition) is 5. The second kappa shape index (κ2) is 4.77. The summed E-state index contributed by atoms with van der Waals surface area (Å²) in [5.74, 6) is 1.08. The zero-order valence-corrected chi connectivity index (χ0v) is 9.55. The number of carbonyl (C=O) groups excluding carboxylic acids is 1. The van der Waals surface area contributed by atoms with Crippen LogP contribution in [0, 0.1) is 6.92 Å². The maximum atomic E-state index is 10.6. The number of aryl methyl sites for hydroxylation is 1. The van der Waals surface area contributed by atoms with Crippen LogP contribution in [0.5, 0.6) is 0 Å². The summed E-state index contributed by atoms with van der Waals surface area (Å²) >= 11 is 0. The molecule has 0 aromatic carbocycles. The lowest BCUT2D eigenvalue weighted by molar-refractivity contribution is -0.118. The molecule has 7 nitrogen and oxygen atoms in total. The molecule has 0 aliphatic carbocycles. The Balaban J connectivity index is 2.07. The maximum absolute atomic E-state index is 10.6. The molecule has 0 radical (unpaired) electrons. The number of aromatic nitrogens is 4. The van der Waals surface area contributed by atoms with E-state index in [4.69, 9.17) is 5.73 Å². The summed E-state index contributed by atoms with van der Waals surface area (Å²) in [6, 6.07) is 1.88. The molecule has 2 rings (SSSR count). The van der Waals surface area contributed by atoms with Crippen molar-refractivity contribution in [3.8, 4) is 0 Å². The van der Waals surface area contributed by atoms with Crippen molar-refractivity contribution in [3.05, 3.63) is 18.1 Å². The summed E-state index contributed by atoms with van der Waals surface area (Å²) in [5.41, 5.74) is 5.93. The smallest absolute Gasteiger partial charge is 0.254 e. The van der Waals surface area contributed by atoms with Gasteiger partial charge >= 0.3 is 0 Å². The van der Waals surface area contributed by atoms with Crippen molar-refractivity contribution in [1.82, 2.24) is 19.6 Å². The van der Waals surface area contributed by atoms with E-state index in [2.05, 4.69) is 20.4 Å². The highest BCUT2D eigenvalue weighted by Crippen LogP contribution is 2.09. The molecule has 0 spiro atoms. The van der Waals surface area contributed by atoms with Crippen molar-refractivity contribution in [2.24, 2.45) is 5.73 Å². The molecular formula is C10H14N6O. The van der Waals surface area contributed by atoms with E-state index in [-0.39, 0.29) is 5.91 Å². The van der Waals surface area contributed by atoms with E-state index < -0.39 is 0 Å². The van der Waals surface area contributed by atoms with E-state index in [1.54, 1.807) is 4.52 Å². The SMILES string of the molecule is Cc1cc(NCCCC(N)=O)n2ncnc2n1. The molecule has 0 aliphatic rings. The number of hydrogen-bond donors (Lipinski definition) is 2. The van der Waals surface area contributed by atoms with Crippen LogP contribution in [0.25, 0.3) is 5.78 Å². The summed E-state index contributed by atoms with van der Waals surface area (Å²) in [6.45, 7) is 2.55. The molecule has 3 N–H and O–H groups in total. The Morgan fingerprint density at radius 1 is 1.59 bits per heavy atom. The summed E-state index contributed by atoms with van der Waals surface area (Å²) < 4.78 is 1.62. The van der Waals surface area contributed by atoms with Crippen LogP contribution >= 0.6 is 0 Å². The van der Waals surface area contributed by atoms with Crippen molar-refractivity contribution < 1.29 is 4.79 Å². The Morgan fingerprint density at radius 2 is 2.41 bits per heavy atom. The number of anilines is 1. The molecule has 7 heteroatoms. The molecule has 0 saturated carbocycles. The summed E-state index contributed by atoms with van der Waals surface area (Å²) in [6.07, 6.45) is 2.51. The second-order valence-electron chi connectivity index (χ2n) is 3.75. The highest BCUT2D eigenvalue weighted by atomic mass is 16.1. The lowest BCUT2D eigenvalue weighted by Gasteiger charge is -2.07. The average molecular weight is 234 g/mol. The van der Waals surface area contributed by atoms with Crippen molar-refractivity contribution >= 4 is 17.5 Å². The standard InChI is InChI=1S/C10H14N6O/c1-7-5-9(12-4-2-3-8(11)17)16-10(15-7)13-6-14-16/h5-6,12H,2-4H2,1H3,(H2,11,17). The maximum Gasteiger partial charge on any atom is 0.254 e. The number of rotatable bonds is 5. The zero-order valence-electron chi connectivity index (χ0n) is 9.55. The predicted octanol–water partition coefficient (Wildman–Crippen LogP) is 0.110. The molecule has 2 aromatic heterocycles. The minimum atomic E-state index is -0.288. The molecule has 0 atom stereocenters. The highest BCUT2D eigenvalue weighted by Gasteiger charge is 2.04. The highest BCUT2D eigenvalue weighted by molar-refractivity contribution is 5.73. The van der Waals surface area contributed by atoms with Gasteiger partial charge in [0, 0.05) is 24.7 Å². The molecule has 2 aromatic rings. The zero-order chi connectivity index (χ0) is 12.3. The fourth-order valence-corrected chi connectivity index (χ4v) is 1.54. The van der Waals surface area contributed by atoms with Gasteiger partial charge in [-0.15, -0.1) is 0 Å². The first-order valence-electron chi connectivity index (χ1n) is 5.36. The molecule has 90 valence electrons. The second-order valence-corrected chi connectivity index (χ2v) is 3.75. The van der Waals surface area contributed by atoms with E-state index in [0.717, 1.165) is 11.5 Å². The van der Waals surface area contributed by atoms with Crippen LogP contribution in [0.2, 0.25) is 0 Å². The lowest BCUT2D eigenvalue weighted by Crippen LogP contribution is -2.14. The Labute approximate surface area is 98.1 Å². The lowest BCUT2D eigenvalue weighted by atomic mass is 10.3. The molecule has 0 unspecified atom stereocenters. The summed E-state index contributed by atoms with van der Waals surface area (Å²) in [5, 5.41) is 7.25. The normalized spacial score (nSPS) is 10.6. The number of fused-ring (bicyclic) bond motifs is 1. The molecule has 1 amide bonds. The van der Waals surface area contributed by atoms with E-state index in [0.29, 0.717) is 25.2 Å². The third kappa shape index (κ3) is 2.68. The average Bonchev–Trinajstić information content (AvgIpc) is 2.71. The Bertz CT molecular complexity index is 535. The minimum absolute atomic E-state index is 0.288. The first-order chi connectivity index (χ1) is 8.16. The first-order valence-corrected chi connectivity index (χ1v) is 5.36. The molecule has 17 heavy (non-hydrogen) atoms. The van der Waals surface area contributed by atoms with Gasteiger partial charge in [-0.05, 0) is 13.3 Å². The van der Waals surface area contributed by atoms with Crippen LogP contribution in [-0.4, -0.2) is 32.0 Å². The first kappa shape index (κ1) is 11.3. The van der Waals surface area contributed by atoms with Crippen molar-refractivity contribution in [1.29, 1.82) is 0 Å². The Morgan fingerprint density at radius 3 is 3.18 bits per heavy atom. The van der Waals surface area contributed by atoms with Crippen molar-refractivity contribution in [2.45, 2.75) is 19.8 Å². The van der Waals surface area contributed by atoms with Gasteiger partial charge in [-0.3, -0.25) is 4.79 Å².